The van der Waals surface area contributed by atoms with Crippen LogP contribution in [0.25, 0.3) is 22.3 Å². The number of hydrogen-bond donors (Lipinski definition) is 9. The Balaban J connectivity index is 0.000000162. The first kappa shape index (κ1) is 84.7. The maximum atomic E-state index is 12.3. The number of benzene rings is 7. The minimum atomic E-state index is -0.492. The monoisotopic (exact) mass is 1530 g/mol. The molecule has 0 fully saturated rings. The molecule has 4 aliphatic rings. The van der Waals surface area contributed by atoms with Gasteiger partial charge in [0, 0.05) is 32.0 Å². The van der Waals surface area contributed by atoms with Crippen LogP contribution in [0.3, 0.4) is 0 Å². The zero-order valence-electron chi connectivity index (χ0n) is 64.1. The van der Waals surface area contributed by atoms with Gasteiger partial charge in [-0.25, -0.2) is 5.06 Å². The molecule has 12 N–H and O–H groups in total. The molecule has 114 heavy (non-hydrogen) atoms. The molecule has 0 aliphatic heterocycles. The molecule has 7 aromatic carbocycles. The Labute approximate surface area is 664 Å². The third kappa shape index (κ3) is 27.0. The second-order valence-corrected chi connectivity index (χ2v) is 25.7. The lowest BCUT2D eigenvalue weighted by atomic mass is 9.74. The van der Waals surface area contributed by atoms with E-state index in [0.29, 0.717) is 57.5 Å². The van der Waals surface area contributed by atoms with E-state index in [0.717, 1.165) is 86.3 Å². The number of nitrogens with one attached hydrogen (secondary N) is 6. The first-order chi connectivity index (χ1) is 55.8. The van der Waals surface area contributed by atoms with Crippen molar-refractivity contribution in [3.63, 3.8) is 0 Å². The van der Waals surface area contributed by atoms with Crippen LogP contribution in [-0.2, 0) is 73.7 Å². The van der Waals surface area contributed by atoms with Crippen LogP contribution >= 0.6 is 0 Å². The number of carbonyl (C=O) groups is 2. The van der Waals surface area contributed by atoms with Gasteiger partial charge in [0.15, 0.2) is 0 Å². The number of nitrogens with zero attached hydrogens (tertiary/aromatic N) is 16. The van der Waals surface area contributed by atoms with E-state index >= 15 is 0 Å². The Morgan fingerprint density at radius 2 is 0.904 bits per heavy atom. The fraction of sp³-hybridized carbons (Fsp3) is 0.263. The number of aromatic nitrogens is 16. The zero-order chi connectivity index (χ0) is 80.5. The summed E-state index contributed by atoms with van der Waals surface area (Å²) >= 11 is 0. The van der Waals surface area contributed by atoms with Crippen LogP contribution < -0.4 is 27.8 Å². The fourth-order valence-corrected chi connectivity index (χ4v) is 12.5. The van der Waals surface area contributed by atoms with E-state index in [9.17, 15) is 9.59 Å². The van der Waals surface area contributed by atoms with E-state index in [-0.39, 0.29) is 35.5 Å². The molecule has 15 rings (SSSR count). The predicted molar refractivity (Wildman–Crippen MR) is 444 cm³/mol. The first-order valence-corrected chi connectivity index (χ1v) is 37.1. The molecule has 31 nitrogen and oxygen atoms in total. The van der Waals surface area contributed by atoms with Gasteiger partial charge in [0.1, 0.15) is 25.5 Å². The third-order valence-corrected chi connectivity index (χ3v) is 17.9. The van der Waals surface area contributed by atoms with Crippen molar-refractivity contribution in [2.75, 3.05) is 49.3 Å². The minimum absolute atomic E-state index is 0.00604. The summed E-state index contributed by atoms with van der Waals surface area (Å²) in [4.78, 5) is 32.7. The van der Waals surface area contributed by atoms with Crippen molar-refractivity contribution < 1.29 is 28.4 Å². The summed E-state index contributed by atoms with van der Waals surface area (Å²) in [6, 6.07) is 63.3. The molecular formula is C80H93B3N25O6. The SMILES string of the molecule is CC.CON(C)C(=O)[C@@H]([B]OC=N)CC1=CCc2ccccc21.N=CO[B][C@H](C=O)CC1=CCc2ccccc21.N=CO[B][C@H](CNc1nnn(Cc2ccccc2)n1)CC1=CCc2ccccc21.N[C@H](CNc1nnn(Cc2ccccc2)n1)CC1=CCc2ccccc21.Nc1nn[nH]n1.Nc1nnn(Cc2ccccc2)n1. The molecule has 4 atom stereocenters. The number of aldehydes is 1. The van der Waals surface area contributed by atoms with Crippen molar-refractivity contribution in [3.8, 4) is 0 Å². The average Bonchev–Trinajstić information content (AvgIpc) is 1.69. The van der Waals surface area contributed by atoms with Crippen molar-refractivity contribution in [2.45, 2.75) is 108 Å². The van der Waals surface area contributed by atoms with Gasteiger partial charge in [-0.05, 0) is 162 Å². The van der Waals surface area contributed by atoms with Gasteiger partial charge in [0.25, 0.3) is 23.8 Å². The van der Waals surface area contributed by atoms with Crippen molar-refractivity contribution in [2.24, 2.45) is 5.73 Å². The number of amides is 1. The molecule has 0 bridgehead atoms. The van der Waals surface area contributed by atoms with Gasteiger partial charge < -0.3 is 46.6 Å². The number of nitrogens with two attached hydrogens (primary N) is 3. The van der Waals surface area contributed by atoms with Gasteiger partial charge in [-0.1, -0.05) is 247 Å². The van der Waals surface area contributed by atoms with Crippen LogP contribution in [0.15, 0.2) is 212 Å². The lowest BCUT2D eigenvalue weighted by Gasteiger charge is -2.21. The number of H-pyrrole nitrogens is 1. The molecule has 11 aromatic rings. The highest BCUT2D eigenvalue weighted by atomic mass is 16.7. The summed E-state index contributed by atoms with van der Waals surface area (Å²) in [5.74, 6) is 0.445. The Morgan fingerprint density at radius 3 is 1.31 bits per heavy atom. The molecule has 583 valence electrons. The van der Waals surface area contributed by atoms with Crippen LogP contribution in [0.4, 0.5) is 23.8 Å². The molecule has 4 heterocycles. The van der Waals surface area contributed by atoms with Crippen LogP contribution in [0.1, 0.15) is 101 Å². The smallest absolute Gasteiger partial charge is 0.384 e. The number of hydroxylamine groups is 2. The maximum Gasteiger partial charge on any atom is 0.384 e. The largest absolute Gasteiger partial charge is 0.555 e. The quantitative estimate of drug-likeness (QED) is 0.00622. The zero-order valence-corrected chi connectivity index (χ0v) is 64.1. The summed E-state index contributed by atoms with van der Waals surface area (Å²) in [5, 5.41) is 76.8. The molecule has 4 aliphatic carbocycles. The van der Waals surface area contributed by atoms with Gasteiger partial charge >= 0.3 is 22.4 Å². The van der Waals surface area contributed by atoms with Gasteiger partial charge in [-0.2, -0.15) is 19.6 Å². The molecule has 1 amide bonds. The van der Waals surface area contributed by atoms with Crippen LogP contribution in [0.2, 0.25) is 17.5 Å². The number of aromatic amines is 1. The predicted octanol–water partition coefficient (Wildman–Crippen LogP) is 10.1. The van der Waals surface area contributed by atoms with E-state index in [1.54, 1.807) is 24.1 Å². The summed E-state index contributed by atoms with van der Waals surface area (Å²) in [7, 11) is 7.48. The van der Waals surface area contributed by atoms with E-state index < -0.39 is 5.82 Å². The van der Waals surface area contributed by atoms with E-state index in [1.807, 2.05) is 129 Å². The third-order valence-electron chi connectivity index (χ3n) is 17.9. The fourth-order valence-electron chi connectivity index (χ4n) is 12.5. The highest BCUT2D eigenvalue weighted by Crippen LogP contribution is 2.37. The van der Waals surface area contributed by atoms with Gasteiger partial charge in [0.2, 0.25) is 5.91 Å². The number of tetrazole rings is 4. The van der Waals surface area contributed by atoms with Gasteiger partial charge in [-0.3, -0.25) is 25.9 Å². The molecule has 34 heteroatoms. The molecule has 0 spiro atoms. The molecule has 0 unspecified atom stereocenters. The van der Waals surface area contributed by atoms with Crippen molar-refractivity contribution in [1.82, 2.24) is 86.3 Å². The van der Waals surface area contributed by atoms with Crippen molar-refractivity contribution in [3.05, 3.63) is 274 Å². The van der Waals surface area contributed by atoms with Crippen LogP contribution in [-0.4, -0.2) is 173 Å². The maximum absolute atomic E-state index is 12.3. The average molecular weight is 1530 g/mol. The second-order valence-electron chi connectivity index (χ2n) is 25.7. The normalized spacial score (nSPS) is 13.0. The number of nitrogen functional groups attached to an aromatic ring is 2. The van der Waals surface area contributed by atoms with Gasteiger partial charge in [0.05, 0.1) is 32.6 Å². The minimum Gasteiger partial charge on any atom is -0.555 e. The van der Waals surface area contributed by atoms with Crippen molar-refractivity contribution >= 4 is 99.9 Å². The van der Waals surface area contributed by atoms with Crippen LogP contribution in [0.5, 0.6) is 0 Å². The highest BCUT2D eigenvalue weighted by Gasteiger charge is 2.29. The Bertz CT molecular complexity index is 4890. The molecular weight excluding hydrogens is 1440 g/mol. The van der Waals surface area contributed by atoms with E-state index in [2.05, 4.69) is 175 Å². The molecule has 3 radical (unpaired) electrons. The van der Waals surface area contributed by atoms with E-state index in [4.69, 9.17) is 52.2 Å². The highest BCUT2D eigenvalue weighted by molar-refractivity contribution is 6.39. The lowest BCUT2D eigenvalue weighted by molar-refractivity contribution is -0.168. The van der Waals surface area contributed by atoms with Crippen LogP contribution in [0, 0.1) is 16.2 Å². The Kier molecular flexibility index (Phi) is 34.4. The summed E-state index contributed by atoms with van der Waals surface area (Å²) in [6.45, 7) is 6.98. The number of hydrogen-bond acceptors (Lipinski definition) is 26. The number of allylic oxidation sites excluding steroid dienone is 7. The number of rotatable bonds is 32. The summed E-state index contributed by atoms with van der Waals surface area (Å²) in [5.41, 5.74) is 35.3. The molecule has 0 saturated heterocycles. The Morgan fingerprint density at radius 1 is 0.509 bits per heavy atom. The van der Waals surface area contributed by atoms with Gasteiger partial charge in [-0.15, -0.1) is 20.4 Å². The number of fused-ring (bicyclic) bond motifs is 4. The standard InChI is InChI=1S/C21H22BN6O.C20H22N6.C15H18BN2O3.C13H13BNO2.C8H9N5.C2H6.CH3N5/c23-15-29-22-19(12-18-11-10-17-8-4-5-9-20(17)18)13-24-21-25-27-28(26-21)14-16-6-2-1-3-7-16;21-18(12-17-11-10-16-8-4-5-9-19(16)17)13-22-20-23-25-26(24-20)14-15-6-2-1-3-7-15;1-18(20-2)15(19)14(16-21-10-17)9-12-8-7-11-5-3-4-6-13(11)12;15-9-17-14-12(8-16)7-11-6-5-10-3-1-2-4-13(10)11;9-8-10-12-13(11-8)6-7-4-2-1-3-5-7;1-2;2-1-3-5-6-4-1/h1-9,11,15,19,23H,10,12-14H2,(H,24,26);1-9,11,18H,10,12-14,21H2,(H,22,24);3-6,8,10,14,17H,7,9H2,1-2H3;1-4,6,8-9,12,15H,5,7H2;1-5H,6H2,(H2,9,11);1-2H3;(H3,2,3,4,5,6)/t19-;18-;14-;12-;;;/m0000.../s1. The summed E-state index contributed by atoms with van der Waals surface area (Å²) < 4.78 is 14.8. The molecule has 4 aromatic heterocycles. The summed E-state index contributed by atoms with van der Waals surface area (Å²) in [6.07, 6.45) is 18.9. The molecule has 0 saturated carbocycles. The first-order valence-electron chi connectivity index (χ1n) is 37.1. The van der Waals surface area contributed by atoms with Crippen molar-refractivity contribution in [1.29, 1.82) is 16.2 Å². The lowest BCUT2D eigenvalue weighted by Crippen LogP contribution is -2.32. The number of anilines is 4. The Hall–Kier alpha value is -13.4. The number of carbonyl (C=O) groups excluding carboxylic acids is 2. The van der Waals surface area contributed by atoms with E-state index in [1.165, 1.54) is 93.2 Å². The topological polar surface area (TPSA) is 433 Å². The second kappa shape index (κ2) is 46.3.